The fourth-order valence-corrected chi connectivity index (χ4v) is 15.7. The van der Waals surface area contributed by atoms with Gasteiger partial charge in [-0.2, -0.15) is 0 Å². The second-order valence-electron chi connectivity index (χ2n) is 25.6. The van der Waals surface area contributed by atoms with Gasteiger partial charge in [0.25, 0.3) is 0 Å². The molecular formula is C78H88N4O21. The predicted molar refractivity (Wildman–Crippen MR) is 399 cm³/mol. The molecule has 0 radical (unpaired) electrons. The number of carbonyl (C=O) groups excluding carboxylic acids is 1. The Morgan fingerprint density at radius 2 is 0.738 bits per heavy atom. The number of carbonyl (C=O) groups is 1. The molecule has 25 heteroatoms. The highest BCUT2D eigenvalue weighted by Crippen LogP contribution is 2.60. The smallest absolute Gasteiger partial charge is 0.194 e. The van der Waals surface area contributed by atoms with E-state index in [0.29, 0.717) is 195 Å². The standard InChI is InChI=1S/C42H51N3O11.C36H37NO10/c1-22-19-25-24(7-6-8-43-11-15-55-17-13-46)40(50)32-26(48)20-28(52-3)34-35-29(53-4)21-27(49)33-38(35)37(31(25)36(32)34)39(42(54-5)41(33)51)30(22)23(2)45-10-9-44-12-16-56-18-14-47;1-16-13-19-18(7-6-8-37-9-11-47-12-10-38)34(42)26-20(40)14-22(44-3)28-29-23(45-4)15-21(41)27-32(29)31(25(19)30(26)28)33(24(16)17(2)39)36(46-5)35(27)43/h19-21,30,43-44,46-47,50-51H,6-18H2,1-5H3;13-15,24,37-38,42-43H,6-12H2,1-5H3. The molecule has 10 N–H and O–H groups in total. The molecule has 0 heterocycles. The SMILES string of the molecule is COc1c(O)c2c(=O)cc(OC)c3c4c(OC)cc(=O)c5c(O)c(CCCNCCOCCO)c6c(c(c1C(C(C)=NCCNCCOCCO)C(C)=C6)c23)c54.COc1c(O)c2c(=O)cc(OC)c3c4c(OC)cc(=O)c5c(O)c(CCCNCCOCCO)c6c(c(c1C(C(C)=O)C(C)=C6)c23)c54. The zero-order valence-corrected chi connectivity index (χ0v) is 59.6. The molecule has 2 unspecified atom stereocenters. The Morgan fingerprint density at radius 3 is 1.08 bits per heavy atom. The van der Waals surface area contributed by atoms with Crippen LogP contribution in [0.15, 0.2) is 59.6 Å². The van der Waals surface area contributed by atoms with E-state index in [-0.39, 0.29) is 119 Å². The average Bonchev–Trinajstić information content (AvgIpc) is 1.67. The van der Waals surface area contributed by atoms with Gasteiger partial charge < -0.3 is 94.3 Å². The van der Waals surface area contributed by atoms with Crippen molar-refractivity contribution in [1.82, 2.24) is 16.0 Å². The predicted octanol–water partition coefficient (Wildman–Crippen LogP) is 7.38. The van der Waals surface area contributed by atoms with Gasteiger partial charge in [0.05, 0.1) is 136 Å². The molecule has 0 fully saturated rings. The van der Waals surface area contributed by atoms with Crippen LogP contribution in [0, 0.1) is 0 Å². The highest BCUT2D eigenvalue weighted by Gasteiger charge is 2.40. The van der Waals surface area contributed by atoms with Crippen LogP contribution < -0.4 is 66.1 Å². The van der Waals surface area contributed by atoms with E-state index in [0.717, 1.165) is 11.3 Å². The number of nitrogens with one attached hydrogen (secondary N) is 3. The van der Waals surface area contributed by atoms with Gasteiger partial charge in [0.15, 0.2) is 44.7 Å². The van der Waals surface area contributed by atoms with Crippen LogP contribution in [0.25, 0.3) is 98.3 Å². The first-order valence-electron chi connectivity index (χ1n) is 34.3. The van der Waals surface area contributed by atoms with E-state index < -0.39 is 39.3 Å². The fraction of sp³-hybridized carbons (Fsp3) is 0.410. The van der Waals surface area contributed by atoms with Crippen molar-refractivity contribution >= 4 is 110 Å². The molecule has 2 atom stereocenters. The van der Waals surface area contributed by atoms with Crippen LogP contribution in [-0.4, -0.2) is 195 Å². The number of phenols is 4. The minimum absolute atomic E-state index is 0.00870. The summed E-state index contributed by atoms with van der Waals surface area (Å²) in [6, 6.07) is 5.23. The van der Waals surface area contributed by atoms with Gasteiger partial charge in [-0.15, -0.1) is 0 Å². The molecule has 0 saturated carbocycles. The Hall–Kier alpha value is -9.54. The first-order valence-corrected chi connectivity index (χ1v) is 34.3. The van der Waals surface area contributed by atoms with Gasteiger partial charge in [0.2, 0.25) is 0 Å². The number of phenolic OH excluding ortho intramolecular Hbond substituents is 4. The van der Waals surface area contributed by atoms with Crippen LogP contribution >= 0.6 is 0 Å². The zero-order chi connectivity index (χ0) is 73.8. The van der Waals surface area contributed by atoms with Crippen molar-refractivity contribution in [2.45, 2.75) is 65.2 Å². The van der Waals surface area contributed by atoms with Crippen molar-refractivity contribution in [3.05, 3.63) is 110 Å². The summed E-state index contributed by atoms with van der Waals surface area (Å²) in [5.74, 6) is -1.70. The molecule has 2 aliphatic rings. The average molecular weight is 1420 g/mol. The van der Waals surface area contributed by atoms with Gasteiger partial charge in [0, 0.05) is 127 Å². The third-order valence-corrected chi connectivity index (χ3v) is 19.7. The molecule has 0 amide bonds. The van der Waals surface area contributed by atoms with Gasteiger partial charge >= 0.3 is 0 Å². The molecule has 0 bridgehead atoms. The van der Waals surface area contributed by atoms with Crippen molar-refractivity contribution in [2.24, 2.45) is 4.99 Å². The summed E-state index contributed by atoms with van der Waals surface area (Å²) in [4.78, 5) is 74.2. The van der Waals surface area contributed by atoms with Gasteiger partial charge in [-0.25, -0.2) is 0 Å². The minimum Gasteiger partial charge on any atom is -0.507 e. The topological polar surface area (TPSA) is 358 Å². The molecule has 546 valence electrons. The first-order chi connectivity index (χ1) is 49.8. The maximum absolute atomic E-state index is 14.1. The number of Topliss-reactive ketones (excluding diaryl/α,β-unsaturated/α-hetero) is 1. The number of aliphatic hydroxyl groups is 3. The summed E-state index contributed by atoms with van der Waals surface area (Å²) in [6.45, 7) is 13.0. The van der Waals surface area contributed by atoms with E-state index in [1.807, 2.05) is 26.0 Å². The molecule has 0 aliphatic heterocycles. The molecule has 10 aromatic carbocycles. The molecule has 0 saturated heterocycles. The largest absolute Gasteiger partial charge is 0.507 e. The Balaban J connectivity index is 0.000000210. The van der Waals surface area contributed by atoms with Gasteiger partial charge in [-0.1, -0.05) is 23.3 Å². The highest BCUT2D eigenvalue weighted by atomic mass is 16.5. The van der Waals surface area contributed by atoms with Crippen LogP contribution in [0.1, 0.15) is 85.8 Å². The van der Waals surface area contributed by atoms with E-state index in [9.17, 15) is 44.4 Å². The third-order valence-electron chi connectivity index (χ3n) is 19.7. The zero-order valence-electron chi connectivity index (χ0n) is 59.6. The van der Waals surface area contributed by atoms with Crippen molar-refractivity contribution in [2.75, 3.05) is 148 Å². The van der Waals surface area contributed by atoms with Crippen molar-refractivity contribution in [1.29, 1.82) is 0 Å². The molecule has 0 aromatic heterocycles. The normalized spacial score (nSPS) is 14.4. The van der Waals surface area contributed by atoms with Crippen LogP contribution in [0.3, 0.4) is 0 Å². The van der Waals surface area contributed by atoms with Crippen LogP contribution in [-0.2, 0) is 31.8 Å². The summed E-state index contributed by atoms with van der Waals surface area (Å²) in [5.41, 5.74) is 3.65. The maximum Gasteiger partial charge on any atom is 0.194 e. The number of hydrogen-bond donors (Lipinski definition) is 10. The highest BCUT2D eigenvalue weighted by molar-refractivity contribution is 6.41. The molecule has 10 aromatic rings. The molecule has 0 spiro atoms. The second-order valence-corrected chi connectivity index (χ2v) is 25.6. The second kappa shape index (κ2) is 32.0. The molecule has 103 heavy (non-hydrogen) atoms. The minimum atomic E-state index is -0.874. The number of methoxy groups -OCH3 is 6. The van der Waals surface area contributed by atoms with Crippen LogP contribution in [0.4, 0.5) is 0 Å². The number of benzene rings is 10. The Kier molecular flexibility index (Phi) is 23.2. The summed E-state index contributed by atoms with van der Waals surface area (Å²) < 4.78 is 51.0. The number of ketones is 1. The molecule has 2 aliphatic carbocycles. The number of nitrogens with zero attached hydrogens (tertiary/aromatic N) is 1. The number of ether oxygens (including phenoxy) is 9. The monoisotopic (exact) mass is 1420 g/mol. The molecular weight excluding hydrogens is 1330 g/mol. The van der Waals surface area contributed by atoms with E-state index >= 15 is 0 Å². The van der Waals surface area contributed by atoms with E-state index in [1.54, 1.807) is 6.92 Å². The number of aliphatic hydroxyl groups excluding tert-OH is 3. The number of aromatic hydroxyl groups is 4. The Morgan fingerprint density at radius 1 is 0.408 bits per heavy atom. The summed E-state index contributed by atoms with van der Waals surface area (Å²) in [7, 11) is 8.59. The lowest BCUT2D eigenvalue weighted by Crippen LogP contribution is -2.24. The quantitative estimate of drug-likeness (QED) is 0.00813. The van der Waals surface area contributed by atoms with Crippen molar-refractivity contribution < 1.29 is 83.2 Å². The maximum atomic E-state index is 14.1. The van der Waals surface area contributed by atoms with Crippen LogP contribution in [0.2, 0.25) is 0 Å². The van der Waals surface area contributed by atoms with Gasteiger partial charge in [-0.3, -0.25) is 29.0 Å². The number of fused-ring (bicyclic) bond motifs is 2. The van der Waals surface area contributed by atoms with Crippen molar-refractivity contribution in [3.63, 3.8) is 0 Å². The van der Waals surface area contributed by atoms with Gasteiger partial charge in [0.1, 0.15) is 40.3 Å². The Labute approximate surface area is 591 Å². The summed E-state index contributed by atoms with van der Waals surface area (Å²) in [6.07, 6.45) is 5.83. The van der Waals surface area contributed by atoms with Crippen molar-refractivity contribution in [3.8, 4) is 57.5 Å². The summed E-state index contributed by atoms with van der Waals surface area (Å²) in [5, 5.41) is 90.5. The Bertz CT molecular complexity index is 5250. The lowest BCUT2D eigenvalue weighted by Gasteiger charge is -2.26. The number of aliphatic imine (C=N–C) groups is 1. The summed E-state index contributed by atoms with van der Waals surface area (Å²) >= 11 is 0. The van der Waals surface area contributed by atoms with E-state index in [2.05, 4.69) is 16.0 Å². The van der Waals surface area contributed by atoms with Gasteiger partial charge in [-0.05, 0) is 99.1 Å². The lowest BCUT2D eigenvalue weighted by atomic mass is 9.80. The molecule has 25 nitrogen and oxygen atoms in total. The number of allylic oxidation sites excluding steroid dienone is 2. The fourth-order valence-electron chi connectivity index (χ4n) is 15.7. The number of rotatable bonds is 34. The first kappa shape index (κ1) is 74.6. The molecule has 12 rings (SSSR count). The van der Waals surface area contributed by atoms with E-state index in [1.165, 1.54) is 73.8 Å². The number of hydrogen-bond acceptors (Lipinski definition) is 25. The van der Waals surface area contributed by atoms with E-state index in [4.69, 9.17) is 62.9 Å². The third kappa shape index (κ3) is 13.1. The lowest BCUT2D eigenvalue weighted by molar-refractivity contribution is -0.117. The van der Waals surface area contributed by atoms with Crippen LogP contribution in [0.5, 0.6) is 57.5 Å².